The normalized spacial score (nSPS) is 14.6. The number of benzene rings is 1. The minimum atomic E-state index is -3.49. The smallest absolute Gasteiger partial charge is 0.240 e. The molecule has 0 saturated carbocycles. The van der Waals surface area contributed by atoms with E-state index in [4.69, 9.17) is 9.47 Å². The first-order valence-corrected chi connectivity index (χ1v) is 8.16. The van der Waals surface area contributed by atoms with Crippen molar-refractivity contribution in [3.8, 4) is 11.5 Å². The Morgan fingerprint density at radius 1 is 1.20 bits per heavy atom. The molecular weight excluding hydrogens is 280 g/mol. The second-order valence-electron chi connectivity index (χ2n) is 5.01. The Labute approximate surface area is 119 Å². The van der Waals surface area contributed by atoms with Crippen LogP contribution in [0.25, 0.3) is 0 Å². The average Bonchev–Trinajstić information content (AvgIpc) is 2.43. The minimum Gasteiger partial charge on any atom is -0.486 e. The third kappa shape index (κ3) is 3.84. The summed E-state index contributed by atoms with van der Waals surface area (Å²) < 4.78 is 37.7. The third-order valence-electron chi connectivity index (χ3n) is 2.97. The molecule has 0 unspecified atom stereocenters. The summed E-state index contributed by atoms with van der Waals surface area (Å²) in [5, 5.41) is 0. The Morgan fingerprint density at radius 3 is 2.60 bits per heavy atom. The molecule has 7 heteroatoms. The summed E-state index contributed by atoms with van der Waals surface area (Å²) in [5.74, 6) is 1.07. The van der Waals surface area contributed by atoms with Gasteiger partial charge in [-0.3, -0.25) is 0 Å². The van der Waals surface area contributed by atoms with Gasteiger partial charge in [-0.05, 0) is 12.1 Å². The average molecular weight is 301 g/mol. The summed E-state index contributed by atoms with van der Waals surface area (Å²) in [4.78, 5) is 1.50. The number of nitrogens with one attached hydrogen (secondary N) is 2. The number of hydrogen-bond donors (Lipinski definition) is 2. The van der Waals surface area contributed by atoms with E-state index in [-0.39, 0.29) is 4.90 Å². The predicted molar refractivity (Wildman–Crippen MR) is 74.9 cm³/mol. The summed E-state index contributed by atoms with van der Waals surface area (Å²) >= 11 is 0. The van der Waals surface area contributed by atoms with Crippen molar-refractivity contribution in [1.82, 2.24) is 4.72 Å². The van der Waals surface area contributed by atoms with E-state index in [2.05, 4.69) is 4.72 Å². The van der Waals surface area contributed by atoms with Crippen molar-refractivity contribution >= 4 is 10.0 Å². The molecule has 112 valence electrons. The first-order chi connectivity index (χ1) is 9.49. The van der Waals surface area contributed by atoms with Crippen LogP contribution in [0.2, 0.25) is 0 Å². The molecular formula is C13H21N2O4S+. The van der Waals surface area contributed by atoms with Gasteiger partial charge in [0, 0.05) is 19.0 Å². The summed E-state index contributed by atoms with van der Waals surface area (Å²) in [6.07, 6.45) is 0.798. The van der Waals surface area contributed by atoms with Crippen LogP contribution in [0.3, 0.4) is 0 Å². The van der Waals surface area contributed by atoms with Crippen LogP contribution in [-0.2, 0) is 10.0 Å². The van der Waals surface area contributed by atoms with Gasteiger partial charge >= 0.3 is 0 Å². The number of ether oxygens (including phenoxy) is 2. The Hall–Kier alpha value is -1.31. The van der Waals surface area contributed by atoms with Crippen LogP contribution in [0.1, 0.15) is 6.42 Å². The number of quaternary nitrogens is 1. The Morgan fingerprint density at radius 2 is 1.90 bits per heavy atom. The van der Waals surface area contributed by atoms with E-state index < -0.39 is 10.0 Å². The molecule has 1 heterocycles. The first kappa shape index (κ1) is 15.1. The second kappa shape index (κ2) is 6.43. The molecule has 0 atom stereocenters. The van der Waals surface area contributed by atoms with Gasteiger partial charge in [0.15, 0.2) is 11.5 Å². The highest BCUT2D eigenvalue weighted by molar-refractivity contribution is 7.89. The van der Waals surface area contributed by atoms with E-state index >= 15 is 0 Å². The summed E-state index contributed by atoms with van der Waals surface area (Å²) in [6, 6.07) is 4.67. The molecule has 2 rings (SSSR count). The van der Waals surface area contributed by atoms with Gasteiger partial charge in [-0.15, -0.1) is 0 Å². The van der Waals surface area contributed by atoms with E-state index in [1.165, 1.54) is 17.0 Å². The molecule has 0 spiro atoms. The van der Waals surface area contributed by atoms with E-state index in [0.29, 0.717) is 31.3 Å². The lowest BCUT2D eigenvalue weighted by Crippen LogP contribution is -3.05. The summed E-state index contributed by atoms with van der Waals surface area (Å²) in [6.45, 7) is 2.28. The minimum absolute atomic E-state index is 0.207. The molecule has 0 radical (unpaired) electrons. The van der Waals surface area contributed by atoms with Crippen molar-refractivity contribution in [2.24, 2.45) is 0 Å². The van der Waals surface area contributed by atoms with Crippen molar-refractivity contribution in [2.75, 3.05) is 40.4 Å². The number of fused-ring (bicyclic) bond motifs is 1. The zero-order chi connectivity index (χ0) is 14.6. The van der Waals surface area contributed by atoms with Crippen LogP contribution < -0.4 is 19.1 Å². The molecule has 1 aliphatic rings. The fraction of sp³-hybridized carbons (Fsp3) is 0.538. The van der Waals surface area contributed by atoms with Crippen molar-refractivity contribution < 1.29 is 22.8 Å². The maximum absolute atomic E-state index is 12.1. The Kier molecular flexibility index (Phi) is 4.85. The first-order valence-electron chi connectivity index (χ1n) is 6.67. The van der Waals surface area contributed by atoms with Crippen molar-refractivity contribution in [2.45, 2.75) is 11.3 Å². The summed E-state index contributed by atoms with van der Waals surface area (Å²) in [5.41, 5.74) is 0. The van der Waals surface area contributed by atoms with Gasteiger partial charge in [0.25, 0.3) is 0 Å². The van der Waals surface area contributed by atoms with Crippen molar-refractivity contribution in [3.05, 3.63) is 18.2 Å². The third-order valence-corrected chi connectivity index (χ3v) is 4.43. The number of rotatable bonds is 6. The maximum Gasteiger partial charge on any atom is 0.240 e. The monoisotopic (exact) mass is 301 g/mol. The zero-order valence-electron chi connectivity index (χ0n) is 11.8. The topological polar surface area (TPSA) is 69.1 Å². The van der Waals surface area contributed by atoms with Gasteiger partial charge in [-0.2, -0.15) is 0 Å². The SMILES string of the molecule is C[NH+](C)CCCNS(=O)(=O)c1ccc2c(c1)OCCO2. The van der Waals surface area contributed by atoms with Crippen LogP contribution in [0.15, 0.2) is 23.1 Å². The van der Waals surface area contributed by atoms with E-state index in [9.17, 15) is 8.42 Å². The highest BCUT2D eigenvalue weighted by atomic mass is 32.2. The van der Waals surface area contributed by atoms with Crippen LogP contribution in [0, 0.1) is 0 Å². The van der Waals surface area contributed by atoms with Crippen LogP contribution in [-0.4, -0.2) is 48.8 Å². The molecule has 0 aromatic heterocycles. The van der Waals surface area contributed by atoms with Gasteiger partial charge < -0.3 is 14.4 Å². The van der Waals surface area contributed by atoms with E-state index in [1.807, 2.05) is 14.1 Å². The Bertz CT molecular complexity index is 557. The van der Waals surface area contributed by atoms with Gasteiger partial charge in [0.2, 0.25) is 10.0 Å². The largest absolute Gasteiger partial charge is 0.486 e. The molecule has 1 aromatic carbocycles. The van der Waals surface area contributed by atoms with Gasteiger partial charge in [-0.25, -0.2) is 13.1 Å². The van der Waals surface area contributed by atoms with E-state index in [0.717, 1.165) is 13.0 Å². The molecule has 0 fully saturated rings. The standard InChI is InChI=1S/C13H20N2O4S/c1-15(2)7-3-6-14-20(16,17)11-4-5-12-13(10-11)19-9-8-18-12/h4-5,10,14H,3,6-9H2,1-2H3/p+1. The molecule has 0 amide bonds. The highest BCUT2D eigenvalue weighted by Crippen LogP contribution is 2.32. The Balaban J connectivity index is 2.02. The molecule has 20 heavy (non-hydrogen) atoms. The lowest BCUT2D eigenvalue weighted by Gasteiger charge is -2.19. The fourth-order valence-electron chi connectivity index (χ4n) is 1.92. The maximum atomic E-state index is 12.1. The zero-order valence-corrected chi connectivity index (χ0v) is 12.6. The predicted octanol–water partition coefficient (Wildman–Crippen LogP) is -0.729. The quantitative estimate of drug-likeness (QED) is 0.680. The molecule has 0 bridgehead atoms. The molecule has 1 aromatic rings. The fourth-order valence-corrected chi connectivity index (χ4v) is 3.01. The molecule has 0 saturated heterocycles. The highest BCUT2D eigenvalue weighted by Gasteiger charge is 2.18. The van der Waals surface area contributed by atoms with Crippen LogP contribution in [0.4, 0.5) is 0 Å². The molecule has 2 N–H and O–H groups in total. The van der Waals surface area contributed by atoms with E-state index in [1.54, 1.807) is 6.07 Å². The van der Waals surface area contributed by atoms with Crippen LogP contribution in [0.5, 0.6) is 11.5 Å². The van der Waals surface area contributed by atoms with Gasteiger partial charge in [0.05, 0.1) is 25.5 Å². The number of sulfonamides is 1. The number of hydrogen-bond acceptors (Lipinski definition) is 4. The van der Waals surface area contributed by atoms with Gasteiger partial charge in [-0.1, -0.05) is 0 Å². The lowest BCUT2D eigenvalue weighted by atomic mass is 10.3. The summed E-state index contributed by atoms with van der Waals surface area (Å²) in [7, 11) is 0.588. The molecule has 1 aliphatic heterocycles. The second-order valence-corrected chi connectivity index (χ2v) is 6.78. The molecule has 0 aliphatic carbocycles. The lowest BCUT2D eigenvalue weighted by molar-refractivity contribution is -0.858. The van der Waals surface area contributed by atoms with Crippen LogP contribution >= 0.6 is 0 Å². The van der Waals surface area contributed by atoms with Crippen molar-refractivity contribution in [1.29, 1.82) is 0 Å². The van der Waals surface area contributed by atoms with Crippen molar-refractivity contribution in [3.63, 3.8) is 0 Å². The molecule has 6 nitrogen and oxygen atoms in total. The van der Waals surface area contributed by atoms with Gasteiger partial charge in [0.1, 0.15) is 13.2 Å².